The molecule has 2 rings (SSSR count). The number of thiazole rings is 1. The summed E-state index contributed by atoms with van der Waals surface area (Å²) in [6.45, 7) is 4.24. The van der Waals surface area contributed by atoms with Gasteiger partial charge >= 0.3 is 0 Å². The van der Waals surface area contributed by atoms with Crippen molar-refractivity contribution in [3.05, 3.63) is 64.3 Å². The van der Waals surface area contributed by atoms with Gasteiger partial charge in [-0.15, -0.1) is 11.3 Å². The molecule has 0 unspecified atom stereocenters. The number of amides is 1. The molecule has 0 fully saturated rings. The van der Waals surface area contributed by atoms with E-state index < -0.39 is 0 Å². The summed E-state index contributed by atoms with van der Waals surface area (Å²) >= 11 is 1.45. The Morgan fingerprint density at radius 2 is 2.17 bits per heavy atom. The molecule has 2 aromatic rings. The maximum atomic E-state index is 11.9. The summed E-state index contributed by atoms with van der Waals surface area (Å²) in [6, 6.07) is 7.09. The fourth-order valence-electron chi connectivity index (χ4n) is 1.73. The Morgan fingerprint density at radius 1 is 1.35 bits per heavy atom. The third-order valence-electron chi connectivity index (χ3n) is 2.91. The molecule has 0 radical (unpaired) electrons. The van der Waals surface area contributed by atoms with E-state index in [1.54, 1.807) is 24.4 Å². The van der Waals surface area contributed by atoms with Gasteiger partial charge < -0.3 is 10.6 Å². The first-order valence-corrected chi connectivity index (χ1v) is 7.71. The molecule has 0 aliphatic heterocycles. The molecule has 6 heteroatoms. The monoisotopic (exact) mass is 325 g/mol. The van der Waals surface area contributed by atoms with Crippen molar-refractivity contribution in [1.82, 2.24) is 15.6 Å². The summed E-state index contributed by atoms with van der Waals surface area (Å²) in [5, 5.41) is 8.12. The van der Waals surface area contributed by atoms with Gasteiger partial charge in [0.1, 0.15) is 6.29 Å². The van der Waals surface area contributed by atoms with Gasteiger partial charge in [-0.1, -0.05) is 36.8 Å². The van der Waals surface area contributed by atoms with Crippen LogP contribution in [0, 0.1) is 11.8 Å². The smallest absolute Gasteiger partial charge is 0.267 e. The number of nitrogens with one attached hydrogen (secondary N) is 2. The van der Waals surface area contributed by atoms with E-state index in [4.69, 9.17) is 0 Å². The van der Waals surface area contributed by atoms with Gasteiger partial charge in [0.2, 0.25) is 0 Å². The number of rotatable bonds is 6. The highest BCUT2D eigenvalue weighted by Crippen LogP contribution is 2.05. The molecule has 2 N–H and O–H groups in total. The van der Waals surface area contributed by atoms with E-state index >= 15 is 0 Å². The molecule has 0 saturated heterocycles. The molecular formula is C17H15N3O2S. The van der Waals surface area contributed by atoms with Crippen LogP contribution in [-0.2, 0) is 11.3 Å². The van der Waals surface area contributed by atoms with Crippen LogP contribution in [0.4, 0.5) is 0 Å². The van der Waals surface area contributed by atoms with Gasteiger partial charge in [-0.2, -0.15) is 0 Å². The van der Waals surface area contributed by atoms with Crippen LogP contribution in [0.3, 0.4) is 0 Å². The summed E-state index contributed by atoms with van der Waals surface area (Å²) in [5.74, 6) is 5.41. The van der Waals surface area contributed by atoms with Crippen molar-refractivity contribution in [2.75, 3.05) is 6.54 Å². The van der Waals surface area contributed by atoms with Crippen molar-refractivity contribution in [1.29, 1.82) is 0 Å². The van der Waals surface area contributed by atoms with Crippen molar-refractivity contribution in [3.63, 3.8) is 0 Å². The van der Waals surface area contributed by atoms with Crippen LogP contribution in [0.1, 0.15) is 20.9 Å². The second-order valence-electron chi connectivity index (χ2n) is 4.47. The van der Waals surface area contributed by atoms with Gasteiger partial charge in [-0.05, 0) is 11.5 Å². The minimum Gasteiger partial charge on any atom is -0.370 e. The largest absolute Gasteiger partial charge is 0.370 e. The van der Waals surface area contributed by atoms with Gasteiger partial charge in [-0.25, -0.2) is 4.98 Å². The highest BCUT2D eigenvalue weighted by Gasteiger charge is 2.07. The van der Waals surface area contributed by atoms with Crippen LogP contribution in [0.5, 0.6) is 0 Å². The van der Waals surface area contributed by atoms with Crippen LogP contribution in [0.25, 0.3) is 0 Å². The van der Waals surface area contributed by atoms with Gasteiger partial charge in [-0.3, -0.25) is 9.59 Å². The number of aromatic nitrogens is 1. The number of hydrogen-bond acceptors (Lipinski definition) is 5. The van der Waals surface area contributed by atoms with Crippen LogP contribution < -0.4 is 10.6 Å². The maximum Gasteiger partial charge on any atom is 0.267 e. The minimum atomic E-state index is -0.332. The summed E-state index contributed by atoms with van der Waals surface area (Å²) in [5.41, 5.74) is 1.54. The molecule has 23 heavy (non-hydrogen) atoms. The predicted molar refractivity (Wildman–Crippen MR) is 89.8 cm³/mol. The zero-order valence-corrected chi connectivity index (χ0v) is 13.2. The summed E-state index contributed by atoms with van der Waals surface area (Å²) < 4.78 is 0. The Morgan fingerprint density at radius 3 is 2.91 bits per heavy atom. The Labute approximate surface area is 138 Å². The molecular weight excluding hydrogens is 310 g/mol. The zero-order chi connectivity index (χ0) is 16.5. The molecule has 0 aliphatic rings. The van der Waals surface area contributed by atoms with E-state index in [2.05, 4.69) is 34.0 Å². The van der Waals surface area contributed by atoms with Crippen LogP contribution in [0.15, 0.2) is 48.1 Å². The molecule has 1 heterocycles. The molecule has 0 aliphatic carbocycles. The van der Waals surface area contributed by atoms with E-state index in [1.165, 1.54) is 11.3 Å². The molecule has 0 spiro atoms. The lowest BCUT2D eigenvalue weighted by Gasteiger charge is -2.09. The van der Waals surface area contributed by atoms with Gasteiger partial charge in [0, 0.05) is 23.7 Å². The topological polar surface area (TPSA) is 71.1 Å². The lowest BCUT2D eigenvalue weighted by atomic mass is 10.1. The first-order valence-electron chi connectivity index (χ1n) is 6.83. The lowest BCUT2D eigenvalue weighted by Crippen LogP contribution is -2.31. The average Bonchev–Trinajstić information content (AvgIpc) is 3.10. The molecule has 0 bridgehead atoms. The normalized spacial score (nSPS) is 9.39. The van der Waals surface area contributed by atoms with E-state index in [9.17, 15) is 9.59 Å². The van der Waals surface area contributed by atoms with E-state index in [1.807, 2.05) is 11.4 Å². The maximum absolute atomic E-state index is 11.9. The SMILES string of the molecule is C=C(NCC#Cc1nccs1)C(=O)NCc1ccccc1C=O. The van der Waals surface area contributed by atoms with Crippen LogP contribution in [-0.4, -0.2) is 23.7 Å². The minimum absolute atomic E-state index is 0.224. The number of aldehydes is 1. The summed E-state index contributed by atoms with van der Waals surface area (Å²) in [7, 11) is 0. The summed E-state index contributed by atoms with van der Waals surface area (Å²) in [4.78, 5) is 26.9. The number of carbonyl (C=O) groups excluding carboxylic acids is 2. The Bertz CT molecular complexity index is 758. The third kappa shape index (κ3) is 5.09. The second kappa shape index (κ2) is 8.51. The van der Waals surface area contributed by atoms with Crippen molar-refractivity contribution < 1.29 is 9.59 Å². The lowest BCUT2D eigenvalue weighted by molar-refractivity contribution is -0.118. The Balaban J connectivity index is 1.79. The Hall–Kier alpha value is -2.91. The molecule has 5 nitrogen and oxygen atoms in total. The van der Waals surface area contributed by atoms with Crippen LogP contribution in [0.2, 0.25) is 0 Å². The molecule has 1 amide bonds. The highest BCUT2D eigenvalue weighted by atomic mass is 32.1. The predicted octanol–water partition coefficient (Wildman–Crippen LogP) is 1.73. The van der Waals surface area contributed by atoms with Crippen molar-refractivity contribution in [2.45, 2.75) is 6.54 Å². The van der Waals surface area contributed by atoms with Gasteiger partial charge in [0.25, 0.3) is 5.91 Å². The number of benzene rings is 1. The van der Waals surface area contributed by atoms with Gasteiger partial charge in [0.05, 0.1) is 12.2 Å². The summed E-state index contributed by atoms with van der Waals surface area (Å²) in [6.07, 6.45) is 2.45. The molecule has 1 aromatic heterocycles. The quantitative estimate of drug-likeness (QED) is 0.482. The van der Waals surface area contributed by atoms with E-state index in [-0.39, 0.29) is 18.1 Å². The van der Waals surface area contributed by atoms with E-state index in [0.29, 0.717) is 12.1 Å². The standard InChI is InChI=1S/C17H15N3O2S/c1-13(18-8-4-7-16-19-9-10-23-16)17(22)20-11-14-5-2-3-6-15(14)12-21/h2-3,5-6,9-10,12,18H,1,8,11H2,(H,20,22). The Kier molecular flexibility index (Phi) is 6.09. The fourth-order valence-corrected chi connectivity index (χ4v) is 2.23. The molecule has 116 valence electrons. The number of nitrogens with zero attached hydrogens (tertiary/aromatic N) is 1. The molecule has 0 atom stereocenters. The highest BCUT2D eigenvalue weighted by molar-refractivity contribution is 7.10. The first-order chi connectivity index (χ1) is 11.2. The van der Waals surface area contributed by atoms with Crippen molar-refractivity contribution >= 4 is 23.5 Å². The molecule has 0 saturated carbocycles. The van der Waals surface area contributed by atoms with E-state index in [0.717, 1.165) is 16.9 Å². The fraction of sp³-hybridized carbons (Fsp3) is 0.118. The second-order valence-corrected chi connectivity index (χ2v) is 5.37. The first kappa shape index (κ1) is 16.5. The number of carbonyl (C=O) groups is 2. The third-order valence-corrected chi connectivity index (χ3v) is 3.60. The zero-order valence-electron chi connectivity index (χ0n) is 12.3. The van der Waals surface area contributed by atoms with Crippen LogP contribution >= 0.6 is 11.3 Å². The van der Waals surface area contributed by atoms with Crippen molar-refractivity contribution in [2.24, 2.45) is 0 Å². The molecule has 1 aromatic carbocycles. The van der Waals surface area contributed by atoms with Crippen molar-refractivity contribution in [3.8, 4) is 11.8 Å². The van der Waals surface area contributed by atoms with Gasteiger partial charge in [0.15, 0.2) is 5.01 Å². The average molecular weight is 325 g/mol. The number of hydrogen-bond donors (Lipinski definition) is 2.